The first-order valence-corrected chi connectivity index (χ1v) is 9.72. The molecule has 0 spiro atoms. The lowest BCUT2D eigenvalue weighted by Crippen LogP contribution is -2.30. The molecule has 5 nitrogen and oxygen atoms in total. The van der Waals surface area contributed by atoms with Gasteiger partial charge in [0.2, 0.25) is 5.88 Å². The highest BCUT2D eigenvalue weighted by atomic mass is 16.5. The van der Waals surface area contributed by atoms with Crippen LogP contribution in [0.2, 0.25) is 0 Å². The van der Waals surface area contributed by atoms with Gasteiger partial charge in [0.25, 0.3) is 0 Å². The van der Waals surface area contributed by atoms with E-state index in [0.29, 0.717) is 5.88 Å². The third-order valence-electron chi connectivity index (χ3n) is 5.20. The van der Waals surface area contributed by atoms with Crippen LogP contribution in [-0.4, -0.2) is 20.7 Å². The molecule has 3 aromatic rings. The largest absolute Gasteiger partial charge is 0.439 e. The smallest absolute Gasteiger partial charge is 0.222 e. The number of anilines is 2. The average molecular weight is 375 g/mol. The second-order valence-electron chi connectivity index (χ2n) is 7.65. The number of benzene rings is 1. The van der Waals surface area contributed by atoms with Crippen molar-refractivity contribution in [2.24, 2.45) is 0 Å². The Bertz CT molecular complexity index is 911. The number of hydrogen-bond acceptors (Lipinski definition) is 5. The van der Waals surface area contributed by atoms with Gasteiger partial charge in [0, 0.05) is 23.6 Å². The molecule has 5 heteroatoms. The maximum Gasteiger partial charge on any atom is 0.222 e. The van der Waals surface area contributed by atoms with Crippen LogP contribution in [0.3, 0.4) is 0 Å². The number of nitrogens with zero attached hydrogens (tertiary/aromatic N) is 2. The number of aliphatic hydroxyl groups is 1. The van der Waals surface area contributed by atoms with Crippen molar-refractivity contribution in [3.63, 3.8) is 0 Å². The van der Waals surface area contributed by atoms with Crippen LogP contribution in [0.4, 0.5) is 11.5 Å². The summed E-state index contributed by atoms with van der Waals surface area (Å²) in [5, 5.41) is 13.7. The molecule has 1 saturated carbocycles. The van der Waals surface area contributed by atoms with Gasteiger partial charge < -0.3 is 15.2 Å². The summed E-state index contributed by atoms with van der Waals surface area (Å²) in [5.74, 6) is 2.41. The third kappa shape index (κ3) is 4.49. The van der Waals surface area contributed by atoms with Gasteiger partial charge in [0.15, 0.2) is 0 Å². The minimum absolute atomic E-state index is 0.262. The van der Waals surface area contributed by atoms with Gasteiger partial charge in [0.1, 0.15) is 11.6 Å². The van der Waals surface area contributed by atoms with E-state index in [1.807, 2.05) is 55.5 Å². The van der Waals surface area contributed by atoms with Crippen LogP contribution in [-0.2, 0) is 0 Å². The standard InChI is InChI=1S/C23H25N3O2/c1-23(27)13-4-6-17(16-23)20-7-5-15-25-22(20)28-19-11-9-18(10-12-19)26-21-8-2-3-14-24-21/h2-3,5,7-12,14-15,17,27H,4,6,13,16H2,1H3,(H,24,26)/t17?,23-/m1/s1. The van der Waals surface area contributed by atoms with E-state index in [-0.39, 0.29) is 5.92 Å². The first-order valence-electron chi connectivity index (χ1n) is 9.72. The summed E-state index contributed by atoms with van der Waals surface area (Å²) < 4.78 is 6.10. The lowest BCUT2D eigenvalue weighted by atomic mass is 9.76. The van der Waals surface area contributed by atoms with E-state index in [4.69, 9.17) is 4.74 Å². The van der Waals surface area contributed by atoms with E-state index < -0.39 is 5.60 Å². The highest BCUT2D eigenvalue weighted by Gasteiger charge is 2.32. The Morgan fingerprint density at radius 3 is 2.61 bits per heavy atom. The molecular formula is C23H25N3O2. The minimum Gasteiger partial charge on any atom is -0.439 e. The van der Waals surface area contributed by atoms with Gasteiger partial charge in [-0.3, -0.25) is 0 Å². The first kappa shape index (κ1) is 18.4. The number of hydrogen-bond donors (Lipinski definition) is 2. The van der Waals surface area contributed by atoms with E-state index >= 15 is 0 Å². The van der Waals surface area contributed by atoms with Crippen molar-refractivity contribution in [2.45, 2.75) is 44.1 Å². The number of nitrogens with one attached hydrogen (secondary N) is 1. The molecule has 0 radical (unpaired) electrons. The second-order valence-corrected chi connectivity index (χ2v) is 7.65. The Balaban J connectivity index is 1.49. The molecule has 1 fully saturated rings. The maximum absolute atomic E-state index is 10.5. The maximum atomic E-state index is 10.5. The molecule has 4 rings (SSSR count). The Labute approximate surface area is 165 Å². The molecule has 144 valence electrons. The molecule has 2 heterocycles. The molecule has 2 aromatic heterocycles. The Morgan fingerprint density at radius 2 is 1.86 bits per heavy atom. The molecule has 28 heavy (non-hydrogen) atoms. The zero-order valence-electron chi connectivity index (χ0n) is 16.0. The average Bonchev–Trinajstić information content (AvgIpc) is 2.70. The fraction of sp³-hybridized carbons (Fsp3) is 0.304. The fourth-order valence-corrected chi connectivity index (χ4v) is 3.83. The van der Waals surface area contributed by atoms with Gasteiger partial charge in [-0.25, -0.2) is 9.97 Å². The van der Waals surface area contributed by atoms with Crippen molar-refractivity contribution >= 4 is 11.5 Å². The minimum atomic E-state index is -0.616. The summed E-state index contributed by atoms with van der Waals surface area (Å²) in [6.07, 6.45) is 7.15. The molecule has 0 aliphatic heterocycles. The van der Waals surface area contributed by atoms with E-state index in [2.05, 4.69) is 21.4 Å². The van der Waals surface area contributed by atoms with Crippen molar-refractivity contribution in [1.82, 2.24) is 9.97 Å². The van der Waals surface area contributed by atoms with Crippen LogP contribution in [0.1, 0.15) is 44.1 Å². The van der Waals surface area contributed by atoms with Crippen molar-refractivity contribution < 1.29 is 9.84 Å². The number of ether oxygens (including phenoxy) is 1. The topological polar surface area (TPSA) is 67.3 Å². The van der Waals surface area contributed by atoms with Crippen LogP contribution < -0.4 is 10.1 Å². The lowest BCUT2D eigenvalue weighted by molar-refractivity contribution is 0.0142. The molecule has 2 atom stereocenters. The molecule has 2 N–H and O–H groups in total. The SMILES string of the molecule is C[C@@]1(O)CCCC(c2cccnc2Oc2ccc(Nc3ccccn3)cc2)C1. The van der Waals surface area contributed by atoms with Crippen LogP contribution in [0.25, 0.3) is 0 Å². The molecule has 1 aliphatic carbocycles. The monoisotopic (exact) mass is 375 g/mol. The van der Waals surface area contributed by atoms with Gasteiger partial charge in [-0.2, -0.15) is 0 Å². The van der Waals surface area contributed by atoms with E-state index in [1.165, 1.54) is 0 Å². The molecular weight excluding hydrogens is 350 g/mol. The predicted octanol–water partition coefficient (Wildman–Crippen LogP) is 5.42. The summed E-state index contributed by atoms with van der Waals surface area (Å²) in [6, 6.07) is 17.5. The Morgan fingerprint density at radius 1 is 1.04 bits per heavy atom. The van der Waals surface area contributed by atoms with Crippen LogP contribution >= 0.6 is 0 Å². The number of aromatic nitrogens is 2. The van der Waals surface area contributed by atoms with Gasteiger partial charge >= 0.3 is 0 Å². The Kier molecular flexibility index (Phi) is 5.26. The highest BCUT2D eigenvalue weighted by Crippen LogP contribution is 2.41. The fourth-order valence-electron chi connectivity index (χ4n) is 3.83. The third-order valence-corrected chi connectivity index (χ3v) is 5.20. The van der Waals surface area contributed by atoms with Crippen LogP contribution in [0.5, 0.6) is 11.6 Å². The van der Waals surface area contributed by atoms with E-state index in [9.17, 15) is 5.11 Å². The normalized spacial score (nSPS) is 21.9. The van der Waals surface area contributed by atoms with Crippen molar-refractivity contribution in [3.05, 3.63) is 72.6 Å². The number of pyridine rings is 2. The zero-order valence-corrected chi connectivity index (χ0v) is 16.0. The molecule has 0 amide bonds. The van der Waals surface area contributed by atoms with Gasteiger partial charge in [-0.15, -0.1) is 0 Å². The zero-order chi connectivity index (χ0) is 19.4. The van der Waals surface area contributed by atoms with E-state index in [1.54, 1.807) is 12.4 Å². The van der Waals surface area contributed by atoms with Crippen molar-refractivity contribution in [2.75, 3.05) is 5.32 Å². The summed E-state index contributed by atoms with van der Waals surface area (Å²) in [6.45, 7) is 1.92. The van der Waals surface area contributed by atoms with Crippen LogP contribution in [0.15, 0.2) is 67.0 Å². The lowest BCUT2D eigenvalue weighted by Gasteiger charge is -2.34. The van der Waals surface area contributed by atoms with Gasteiger partial charge in [-0.1, -0.05) is 12.1 Å². The highest BCUT2D eigenvalue weighted by molar-refractivity contribution is 5.57. The molecule has 0 bridgehead atoms. The van der Waals surface area contributed by atoms with Crippen molar-refractivity contribution in [1.29, 1.82) is 0 Å². The number of rotatable bonds is 5. The summed E-state index contributed by atoms with van der Waals surface area (Å²) in [7, 11) is 0. The predicted molar refractivity (Wildman–Crippen MR) is 110 cm³/mol. The van der Waals surface area contributed by atoms with Crippen LogP contribution in [0, 0.1) is 0 Å². The molecule has 1 aliphatic rings. The molecule has 1 unspecified atom stereocenters. The van der Waals surface area contributed by atoms with E-state index in [0.717, 1.165) is 48.5 Å². The Hall–Kier alpha value is -2.92. The summed E-state index contributed by atoms with van der Waals surface area (Å²) >= 11 is 0. The molecule has 1 aromatic carbocycles. The first-order chi connectivity index (χ1) is 13.6. The van der Waals surface area contributed by atoms with Crippen molar-refractivity contribution in [3.8, 4) is 11.6 Å². The second kappa shape index (κ2) is 7.98. The molecule has 0 saturated heterocycles. The summed E-state index contributed by atoms with van der Waals surface area (Å²) in [5.41, 5.74) is 1.39. The van der Waals surface area contributed by atoms with Gasteiger partial charge in [0.05, 0.1) is 5.60 Å². The quantitative estimate of drug-likeness (QED) is 0.623. The van der Waals surface area contributed by atoms with Gasteiger partial charge in [-0.05, 0) is 81.0 Å². The summed E-state index contributed by atoms with van der Waals surface area (Å²) in [4.78, 5) is 8.72.